The third-order valence-electron chi connectivity index (χ3n) is 4.91. The van der Waals surface area contributed by atoms with Crippen molar-refractivity contribution in [1.29, 1.82) is 0 Å². The molecular weight excluding hydrogens is 358 g/mol. The van der Waals surface area contributed by atoms with Crippen LogP contribution in [-0.4, -0.2) is 26.8 Å². The quantitative estimate of drug-likeness (QED) is 0.290. The van der Waals surface area contributed by atoms with Crippen molar-refractivity contribution >= 4 is 10.3 Å². The van der Waals surface area contributed by atoms with Crippen LogP contribution in [0.3, 0.4) is 0 Å². The highest BCUT2D eigenvalue weighted by atomic mass is 32.2. The maximum atomic E-state index is 11.9. The summed E-state index contributed by atoms with van der Waals surface area (Å²) in [5, 5.41) is 0. The van der Waals surface area contributed by atoms with Crippen LogP contribution in [0.1, 0.15) is 52.0 Å². The summed E-state index contributed by atoms with van der Waals surface area (Å²) < 4.78 is 30.0. The van der Waals surface area contributed by atoms with Gasteiger partial charge in [0.05, 0.1) is 0 Å². The van der Waals surface area contributed by atoms with Crippen LogP contribution in [0.2, 0.25) is 0 Å². The molecule has 0 heterocycles. The molecule has 0 fully saturated rings. The molecule has 1 aromatic rings. The molecule has 4 nitrogen and oxygen atoms in total. The Morgan fingerprint density at radius 1 is 1.19 bits per heavy atom. The van der Waals surface area contributed by atoms with E-state index < -0.39 is 10.3 Å². The van der Waals surface area contributed by atoms with Crippen molar-refractivity contribution in [1.82, 2.24) is 4.31 Å². The number of benzene rings is 1. The normalized spacial score (nSPS) is 15.5. The molecule has 0 aliphatic heterocycles. The molecule has 5 heteroatoms. The van der Waals surface area contributed by atoms with Crippen LogP contribution < -0.4 is 0 Å². The predicted octanol–water partition coefficient (Wildman–Crippen LogP) is 5.36. The maximum absolute atomic E-state index is 11.9. The SMILES string of the molecule is C=C/C(=C\C=C(/C)C(C)(CCCCC)c1ccccc1)OS(=O)(=O)N(C)C. The van der Waals surface area contributed by atoms with Crippen LogP contribution >= 0.6 is 0 Å². The van der Waals surface area contributed by atoms with E-state index >= 15 is 0 Å². The smallest absolute Gasteiger partial charge is 0.371 e. The molecule has 0 amide bonds. The van der Waals surface area contributed by atoms with Gasteiger partial charge in [-0.15, -0.1) is 0 Å². The summed E-state index contributed by atoms with van der Waals surface area (Å²) in [4.78, 5) is 0. The standard InChI is InChI=1S/C22H33NO3S/c1-7-9-13-18-22(4,20-14-11-10-12-15-20)19(3)16-17-21(8-2)26-27(24,25)23(5)6/h8,10-12,14-17H,2,7,9,13,18H2,1,3-6H3/b19-16+,21-17+. The second-order valence-corrected chi connectivity index (χ2v) is 8.85. The molecule has 0 aliphatic rings. The fraction of sp³-hybridized carbons (Fsp3) is 0.455. The van der Waals surface area contributed by atoms with Gasteiger partial charge in [0.1, 0.15) is 5.76 Å². The lowest BCUT2D eigenvalue weighted by molar-refractivity contribution is 0.370. The fourth-order valence-electron chi connectivity index (χ4n) is 2.82. The van der Waals surface area contributed by atoms with Gasteiger partial charge in [-0.2, -0.15) is 12.7 Å². The average Bonchev–Trinajstić information content (AvgIpc) is 2.65. The Balaban J connectivity index is 3.19. The van der Waals surface area contributed by atoms with Crippen LogP contribution in [-0.2, 0) is 19.9 Å². The summed E-state index contributed by atoms with van der Waals surface area (Å²) in [6.45, 7) is 10.2. The molecule has 1 rings (SSSR count). The van der Waals surface area contributed by atoms with Gasteiger partial charge in [-0.25, -0.2) is 0 Å². The Bertz CT molecular complexity index is 764. The molecule has 0 bridgehead atoms. The second kappa shape index (κ2) is 10.5. The maximum Gasteiger partial charge on any atom is 0.384 e. The Labute approximate surface area is 165 Å². The first-order valence-corrected chi connectivity index (χ1v) is 10.7. The molecule has 0 aliphatic carbocycles. The van der Waals surface area contributed by atoms with Gasteiger partial charge in [-0.1, -0.05) is 81.7 Å². The highest BCUT2D eigenvalue weighted by Crippen LogP contribution is 2.37. The first-order chi connectivity index (χ1) is 12.7. The molecular formula is C22H33NO3S. The van der Waals surface area contributed by atoms with Crippen LogP contribution in [0.25, 0.3) is 0 Å². The fourth-order valence-corrected chi connectivity index (χ4v) is 3.34. The van der Waals surface area contributed by atoms with E-state index in [1.54, 1.807) is 6.08 Å². The summed E-state index contributed by atoms with van der Waals surface area (Å²) >= 11 is 0. The lowest BCUT2D eigenvalue weighted by Crippen LogP contribution is -2.24. The lowest BCUT2D eigenvalue weighted by atomic mass is 9.72. The minimum absolute atomic E-state index is 0.125. The summed E-state index contributed by atoms with van der Waals surface area (Å²) in [6, 6.07) is 10.4. The summed E-state index contributed by atoms with van der Waals surface area (Å²) in [6.07, 6.45) is 9.53. The van der Waals surface area contributed by atoms with Crippen molar-refractivity contribution in [2.24, 2.45) is 0 Å². The van der Waals surface area contributed by atoms with Gasteiger partial charge in [0.25, 0.3) is 0 Å². The van der Waals surface area contributed by atoms with Crippen molar-refractivity contribution in [2.45, 2.75) is 51.9 Å². The van der Waals surface area contributed by atoms with E-state index in [4.69, 9.17) is 4.18 Å². The Kier molecular flexibility index (Phi) is 9.00. The topological polar surface area (TPSA) is 46.6 Å². The van der Waals surface area contributed by atoms with Crippen LogP contribution in [0.4, 0.5) is 0 Å². The Morgan fingerprint density at radius 3 is 2.33 bits per heavy atom. The van der Waals surface area contributed by atoms with Gasteiger partial charge < -0.3 is 4.18 Å². The summed E-state index contributed by atoms with van der Waals surface area (Å²) in [5.41, 5.74) is 2.28. The largest absolute Gasteiger partial charge is 0.384 e. The van der Waals surface area contributed by atoms with E-state index in [0.717, 1.165) is 22.7 Å². The molecule has 0 saturated heterocycles. The molecule has 0 N–H and O–H groups in total. The monoisotopic (exact) mass is 391 g/mol. The predicted molar refractivity (Wildman–Crippen MR) is 114 cm³/mol. The second-order valence-electron chi connectivity index (χ2n) is 7.10. The van der Waals surface area contributed by atoms with Gasteiger partial charge in [-0.3, -0.25) is 0 Å². The highest BCUT2D eigenvalue weighted by molar-refractivity contribution is 7.84. The van der Waals surface area contributed by atoms with Gasteiger partial charge in [0.2, 0.25) is 0 Å². The molecule has 0 saturated carbocycles. The molecule has 0 spiro atoms. The number of hydrogen-bond acceptors (Lipinski definition) is 3. The van der Waals surface area contributed by atoms with E-state index in [2.05, 4.69) is 51.6 Å². The number of rotatable bonds is 11. The molecule has 27 heavy (non-hydrogen) atoms. The van der Waals surface area contributed by atoms with E-state index in [1.807, 2.05) is 12.1 Å². The van der Waals surface area contributed by atoms with Crippen molar-refractivity contribution in [3.05, 3.63) is 72.0 Å². The van der Waals surface area contributed by atoms with E-state index in [9.17, 15) is 8.42 Å². The highest BCUT2D eigenvalue weighted by Gasteiger charge is 2.27. The molecule has 0 radical (unpaired) electrons. The van der Waals surface area contributed by atoms with Gasteiger partial charge in [-0.05, 0) is 31.1 Å². The third kappa shape index (κ3) is 6.67. The van der Waals surface area contributed by atoms with Gasteiger partial charge >= 0.3 is 10.3 Å². The summed E-state index contributed by atoms with van der Waals surface area (Å²) in [5.74, 6) is 0.201. The van der Waals surface area contributed by atoms with Crippen molar-refractivity contribution in [3.63, 3.8) is 0 Å². The lowest BCUT2D eigenvalue weighted by Gasteiger charge is -2.32. The minimum Gasteiger partial charge on any atom is -0.371 e. The van der Waals surface area contributed by atoms with Crippen molar-refractivity contribution in [2.75, 3.05) is 14.1 Å². The Morgan fingerprint density at radius 2 is 1.81 bits per heavy atom. The molecule has 1 unspecified atom stereocenters. The van der Waals surface area contributed by atoms with Gasteiger partial charge in [0, 0.05) is 19.5 Å². The minimum atomic E-state index is -3.80. The number of allylic oxidation sites excluding steroid dienone is 4. The number of nitrogens with zero attached hydrogens (tertiary/aromatic N) is 1. The van der Waals surface area contributed by atoms with Crippen molar-refractivity contribution < 1.29 is 12.6 Å². The summed E-state index contributed by atoms with van der Waals surface area (Å²) in [7, 11) is -0.942. The molecule has 1 atom stereocenters. The first kappa shape index (κ1) is 23.2. The van der Waals surface area contributed by atoms with Crippen LogP contribution in [0.15, 0.2) is 66.5 Å². The first-order valence-electron chi connectivity index (χ1n) is 9.36. The van der Waals surface area contributed by atoms with Gasteiger partial charge in [0.15, 0.2) is 0 Å². The zero-order valence-electron chi connectivity index (χ0n) is 17.2. The third-order valence-corrected chi connectivity index (χ3v) is 6.21. The molecule has 150 valence electrons. The zero-order valence-corrected chi connectivity index (χ0v) is 18.1. The van der Waals surface area contributed by atoms with E-state index in [1.165, 1.54) is 38.6 Å². The van der Waals surface area contributed by atoms with Crippen molar-refractivity contribution in [3.8, 4) is 0 Å². The van der Waals surface area contributed by atoms with Crippen LogP contribution in [0, 0.1) is 0 Å². The Hall–Kier alpha value is -1.85. The zero-order chi connectivity index (χ0) is 20.5. The van der Waals surface area contributed by atoms with E-state index in [0.29, 0.717) is 0 Å². The molecule has 1 aromatic carbocycles. The van der Waals surface area contributed by atoms with E-state index in [-0.39, 0.29) is 11.2 Å². The molecule has 0 aromatic heterocycles. The van der Waals surface area contributed by atoms with Crippen LogP contribution in [0.5, 0.6) is 0 Å². The average molecular weight is 392 g/mol. The number of unbranched alkanes of at least 4 members (excludes halogenated alkanes) is 2. The number of hydrogen-bond donors (Lipinski definition) is 0.